The number of hydrogen-bond acceptors (Lipinski definition) is 5. The minimum absolute atomic E-state index is 0.127. The first-order valence-electron chi connectivity index (χ1n) is 5.64. The molecule has 2 rings (SSSR count). The fraction of sp³-hybridized carbons (Fsp3) is 0.364. The molecule has 0 radical (unpaired) electrons. The van der Waals surface area contributed by atoms with Gasteiger partial charge in [0.1, 0.15) is 15.6 Å². The van der Waals surface area contributed by atoms with E-state index in [0.717, 1.165) is 10.5 Å². The van der Waals surface area contributed by atoms with E-state index in [1.54, 1.807) is 0 Å². The SMILES string of the molecule is CC1(C)C(=O)NC(=O)CN1S(=O)(=O)c1ccc(Cl)nc1. The largest absolute Gasteiger partial charge is 0.294 e. The smallest absolute Gasteiger partial charge is 0.247 e. The van der Waals surface area contributed by atoms with Crippen molar-refractivity contribution in [1.82, 2.24) is 14.6 Å². The number of hydrogen-bond donors (Lipinski definition) is 1. The molecule has 0 bridgehead atoms. The van der Waals surface area contributed by atoms with Crippen LogP contribution >= 0.6 is 11.6 Å². The van der Waals surface area contributed by atoms with Crippen LogP contribution in [-0.4, -0.2) is 41.6 Å². The highest BCUT2D eigenvalue weighted by molar-refractivity contribution is 7.89. The predicted molar refractivity (Wildman–Crippen MR) is 70.4 cm³/mol. The normalized spacial score (nSPS) is 19.8. The van der Waals surface area contributed by atoms with Gasteiger partial charge in [-0.3, -0.25) is 14.9 Å². The Balaban J connectivity index is 2.49. The number of carbonyl (C=O) groups is 2. The molecule has 0 aromatic carbocycles. The van der Waals surface area contributed by atoms with Gasteiger partial charge in [-0.2, -0.15) is 4.31 Å². The lowest BCUT2D eigenvalue weighted by molar-refractivity contribution is -0.141. The Bertz CT molecular complexity index is 669. The molecule has 1 saturated heterocycles. The van der Waals surface area contributed by atoms with E-state index in [2.05, 4.69) is 10.3 Å². The highest BCUT2D eigenvalue weighted by Crippen LogP contribution is 2.26. The number of aromatic nitrogens is 1. The molecule has 1 fully saturated rings. The summed E-state index contributed by atoms with van der Waals surface area (Å²) in [5.74, 6) is -1.33. The number of halogens is 1. The molecule has 20 heavy (non-hydrogen) atoms. The topological polar surface area (TPSA) is 96.4 Å². The van der Waals surface area contributed by atoms with Crippen LogP contribution in [0.5, 0.6) is 0 Å². The highest BCUT2D eigenvalue weighted by atomic mass is 35.5. The Morgan fingerprint density at radius 2 is 2.00 bits per heavy atom. The third-order valence-electron chi connectivity index (χ3n) is 3.01. The second-order valence-corrected chi connectivity index (χ2v) is 7.01. The van der Waals surface area contributed by atoms with Gasteiger partial charge in [-0.05, 0) is 26.0 Å². The monoisotopic (exact) mass is 317 g/mol. The fourth-order valence-electron chi connectivity index (χ4n) is 1.79. The summed E-state index contributed by atoms with van der Waals surface area (Å²) in [5.41, 5.74) is -1.37. The van der Waals surface area contributed by atoms with E-state index >= 15 is 0 Å². The molecule has 2 heterocycles. The first-order valence-corrected chi connectivity index (χ1v) is 7.46. The molecule has 1 aliphatic rings. The quantitative estimate of drug-likeness (QED) is 0.619. The molecule has 7 nitrogen and oxygen atoms in total. The Morgan fingerprint density at radius 1 is 1.35 bits per heavy atom. The number of rotatable bonds is 2. The zero-order valence-corrected chi connectivity index (χ0v) is 12.3. The maximum atomic E-state index is 12.5. The summed E-state index contributed by atoms with van der Waals surface area (Å²) in [6, 6.07) is 2.60. The van der Waals surface area contributed by atoms with Gasteiger partial charge < -0.3 is 0 Å². The molecule has 1 N–H and O–H groups in total. The van der Waals surface area contributed by atoms with Gasteiger partial charge >= 0.3 is 0 Å². The summed E-state index contributed by atoms with van der Waals surface area (Å²) in [5, 5.41) is 2.26. The molecule has 0 unspecified atom stereocenters. The first kappa shape index (κ1) is 14.9. The molecule has 1 aromatic heterocycles. The summed E-state index contributed by atoms with van der Waals surface area (Å²) >= 11 is 5.61. The maximum absolute atomic E-state index is 12.5. The minimum Gasteiger partial charge on any atom is -0.294 e. The molecule has 1 aliphatic heterocycles. The van der Waals surface area contributed by atoms with Crippen molar-refractivity contribution in [2.24, 2.45) is 0 Å². The van der Waals surface area contributed by atoms with Gasteiger partial charge in [-0.15, -0.1) is 0 Å². The molecule has 0 aliphatic carbocycles. The van der Waals surface area contributed by atoms with Crippen molar-refractivity contribution in [3.05, 3.63) is 23.5 Å². The van der Waals surface area contributed by atoms with Crippen molar-refractivity contribution in [2.75, 3.05) is 6.54 Å². The van der Waals surface area contributed by atoms with Gasteiger partial charge in [-0.1, -0.05) is 11.6 Å². The molecule has 0 saturated carbocycles. The molecule has 0 spiro atoms. The van der Waals surface area contributed by atoms with Crippen LogP contribution in [0.4, 0.5) is 0 Å². The van der Waals surface area contributed by atoms with Crippen LogP contribution in [0.2, 0.25) is 5.15 Å². The number of amides is 2. The summed E-state index contributed by atoms with van der Waals surface area (Å²) < 4.78 is 25.9. The summed E-state index contributed by atoms with van der Waals surface area (Å²) in [6.45, 7) is 2.43. The van der Waals surface area contributed by atoms with Crippen LogP contribution in [0, 0.1) is 0 Å². The molecule has 1 aromatic rings. The van der Waals surface area contributed by atoms with Crippen molar-refractivity contribution in [1.29, 1.82) is 0 Å². The third kappa shape index (κ3) is 2.41. The summed E-state index contributed by atoms with van der Waals surface area (Å²) in [4.78, 5) is 26.8. The Morgan fingerprint density at radius 3 is 2.55 bits per heavy atom. The van der Waals surface area contributed by atoms with E-state index in [9.17, 15) is 18.0 Å². The standard InChI is InChI=1S/C11H12ClN3O4S/c1-11(2)10(17)14-9(16)6-15(11)20(18,19)7-3-4-8(12)13-5-7/h3-5H,6H2,1-2H3,(H,14,16,17). The lowest BCUT2D eigenvalue weighted by Gasteiger charge is -2.38. The van der Waals surface area contributed by atoms with Gasteiger partial charge in [0.15, 0.2) is 0 Å². The lowest BCUT2D eigenvalue weighted by atomic mass is 10.0. The van der Waals surface area contributed by atoms with Crippen molar-refractivity contribution < 1.29 is 18.0 Å². The highest BCUT2D eigenvalue weighted by Gasteiger charge is 2.47. The average Bonchev–Trinajstić information content (AvgIpc) is 2.34. The first-order chi connectivity index (χ1) is 9.15. The van der Waals surface area contributed by atoms with Crippen LogP contribution in [-0.2, 0) is 19.6 Å². The fourth-order valence-corrected chi connectivity index (χ4v) is 3.55. The van der Waals surface area contributed by atoms with Crippen molar-refractivity contribution in [2.45, 2.75) is 24.3 Å². The molecule has 0 atom stereocenters. The molecule has 108 valence electrons. The number of sulfonamides is 1. The molecule has 9 heteroatoms. The Hall–Kier alpha value is -1.51. The van der Waals surface area contributed by atoms with Gasteiger partial charge in [0, 0.05) is 6.20 Å². The number of nitrogens with one attached hydrogen (secondary N) is 1. The van der Waals surface area contributed by atoms with Crippen LogP contribution in [0.15, 0.2) is 23.2 Å². The zero-order chi connectivity index (χ0) is 15.1. The van der Waals surface area contributed by atoms with Gasteiger partial charge in [0.2, 0.25) is 21.8 Å². The van der Waals surface area contributed by atoms with Crippen LogP contribution in [0.3, 0.4) is 0 Å². The second-order valence-electron chi connectivity index (χ2n) is 4.76. The van der Waals surface area contributed by atoms with E-state index in [0.29, 0.717) is 0 Å². The third-order valence-corrected chi connectivity index (χ3v) is 5.23. The predicted octanol–water partition coefficient (Wildman–Crippen LogP) is 0.161. The van der Waals surface area contributed by atoms with Gasteiger partial charge in [-0.25, -0.2) is 13.4 Å². The molecular weight excluding hydrogens is 306 g/mol. The van der Waals surface area contributed by atoms with Crippen molar-refractivity contribution >= 4 is 33.4 Å². The van der Waals surface area contributed by atoms with E-state index in [1.165, 1.54) is 26.0 Å². The number of piperazine rings is 1. The van der Waals surface area contributed by atoms with E-state index in [1.807, 2.05) is 0 Å². The molecule has 2 amide bonds. The summed E-state index contributed by atoms with van der Waals surface area (Å²) in [7, 11) is -4.02. The van der Waals surface area contributed by atoms with Gasteiger partial charge in [0.05, 0.1) is 6.54 Å². The summed E-state index contributed by atoms with van der Waals surface area (Å²) in [6.07, 6.45) is 1.09. The van der Waals surface area contributed by atoms with Gasteiger partial charge in [0.25, 0.3) is 0 Å². The number of imide groups is 1. The lowest BCUT2D eigenvalue weighted by Crippen LogP contribution is -2.65. The van der Waals surface area contributed by atoms with E-state index in [4.69, 9.17) is 11.6 Å². The Kier molecular flexibility index (Phi) is 3.57. The molecular formula is C11H12ClN3O4S. The minimum atomic E-state index is -4.02. The van der Waals surface area contributed by atoms with Crippen LogP contribution < -0.4 is 5.32 Å². The van der Waals surface area contributed by atoms with E-state index < -0.39 is 33.9 Å². The zero-order valence-electron chi connectivity index (χ0n) is 10.8. The van der Waals surface area contributed by atoms with E-state index in [-0.39, 0.29) is 10.0 Å². The maximum Gasteiger partial charge on any atom is 0.247 e. The van der Waals surface area contributed by atoms with Crippen LogP contribution in [0.25, 0.3) is 0 Å². The number of carbonyl (C=O) groups excluding carboxylic acids is 2. The van der Waals surface area contributed by atoms with Crippen molar-refractivity contribution in [3.63, 3.8) is 0 Å². The number of pyridine rings is 1. The van der Waals surface area contributed by atoms with Crippen molar-refractivity contribution in [3.8, 4) is 0 Å². The Labute approximate surface area is 121 Å². The number of nitrogens with zero attached hydrogens (tertiary/aromatic N) is 2. The average molecular weight is 318 g/mol. The van der Waals surface area contributed by atoms with Crippen LogP contribution in [0.1, 0.15) is 13.8 Å². The second kappa shape index (κ2) is 4.80.